The Hall–Kier alpha value is -2.43. The summed E-state index contributed by atoms with van der Waals surface area (Å²) in [5, 5.41) is 15.6. The zero-order valence-corrected chi connectivity index (χ0v) is 9.16. The van der Waals surface area contributed by atoms with E-state index in [9.17, 15) is 14.4 Å². The second-order valence-corrected chi connectivity index (χ2v) is 2.93. The van der Waals surface area contributed by atoms with Gasteiger partial charge in [-0.2, -0.15) is 0 Å². The van der Waals surface area contributed by atoms with Crippen LogP contribution in [0.4, 0.5) is 0 Å². The maximum atomic E-state index is 10.6. The molecule has 1 aromatic rings. The number of carboxylic acids is 2. The van der Waals surface area contributed by atoms with E-state index in [1.54, 1.807) is 6.92 Å². The molecule has 0 saturated carbocycles. The van der Waals surface area contributed by atoms with Gasteiger partial charge in [0, 0.05) is 17.7 Å². The van der Waals surface area contributed by atoms with Crippen molar-refractivity contribution in [3.63, 3.8) is 0 Å². The van der Waals surface area contributed by atoms with Gasteiger partial charge in [0.05, 0.1) is 0 Å². The first kappa shape index (κ1) is 14.6. The molecule has 0 spiro atoms. The Bertz CT molecular complexity index is 404. The summed E-state index contributed by atoms with van der Waals surface area (Å²) < 4.78 is 0. The monoisotopic (exact) mass is 236 g/mol. The lowest BCUT2D eigenvalue weighted by Gasteiger charge is -1.89. The molecule has 0 radical (unpaired) electrons. The summed E-state index contributed by atoms with van der Waals surface area (Å²) in [6, 6.07) is 9.23. The number of carbonyl (C=O) groups excluding carboxylic acids is 1. The first-order chi connectivity index (χ1) is 7.93. The van der Waals surface area contributed by atoms with Crippen LogP contribution < -0.4 is 0 Å². The summed E-state index contributed by atoms with van der Waals surface area (Å²) >= 11 is 0. The lowest BCUT2D eigenvalue weighted by Crippen LogP contribution is -1.91. The highest BCUT2D eigenvalue weighted by molar-refractivity contribution is 5.93. The van der Waals surface area contributed by atoms with Gasteiger partial charge in [-0.05, 0) is 6.92 Å². The molecule has 0 unspecified atom stereocenters. The van der Waals surface area contributed by atoms with Crippen molar-refractivity contribution in [3.05, 3.63) is 48.0 Å². The zero-order chi connectivity index (χ0) is 13.3. The Morgan fingerprint density at radius 1 is 0.941 bits per heavy atom. The molecule has 1 rings (SSSR count). The highest BCUT2D eigenvalue weighted by Crippen LogP contribution is 1.97. The van der Waals surface area contributed by atoms with Gasteiger partial charge >= 0.3 is 11.9 Å². The second-order valence-electron chi connectivity index (χ2n) is 2.93. The molecular formula is C12H12O5. The van der Waals surface area contributed by atoms with Gasteiger partial charge in [-0.15, -0.1) is 0 Å². The first-order valence-corrected chi connectivity index (χ1v) is 4.63. The van der Waals surface area contributed by atoms with Gasteiger partial charge in [-0.25, -0.2) is 9.59 Å². The predicted molar refractivity (Wildman–Crippen MR) is 60.9 cm³/mol. The largest absolute Gasteiger partial charge is 0.478 e. The molecule has 0 bridgehead atoms. The highest BCUT2D eigenvalue weighted by Gasteiger charge is 1.92. The third kappa shape index (κ3) is 8.56. The van der Waals surface area contributed by atoms with E-state index in [1.165, 1.54) is 0 Å². The summed E-state index contributed by atoms with van der Waals surface area (Å²) in [5.74, 6) is -2.39. The average molecular weight is 236 g/mol. The van der Waals surface area contributed by atoms with Gasteiger partial charge < -0.3 is 10.2 Å². The molecule has 17 heavy (non-hydrogen) atoms. The predicted octanol–water partition coefficient (Wildman–Crippen LogP) is 1.60. The van der Waals surface area contributed by atoms with E-state index in [4.69, 9.17) is 10.2 Å². The van der Waals surface area contributed by atoms with Crippen molar-refractivity contribution in [3.8, 4) is 0 Å². The van der Waals surface area contributed by atoms with Crippen molar-refractivity contribution in [1.29, 1.82) is 0 Å². The van der Waals surface area contributed by atoms with E-state index in [1.807, 2.05) is 30.3 Å². The van der Waals surface area contributed by atoms with Crippen molar-refractivity contribution < 1.29 is 24.6 Å². The molecule has 0 saturated heterocycles. The van der Waals surface area contributed by atoms with Crippen molar-refractivity contribution >= 4 is 17.7 Å². The number of rotatable bonds is 3. The van der Waals surface area contributed by atoms with Crippen molar-refractivity contribution in [2.24, 2.45) is 0 Å². The molecule has 90 valence electrons. The van der Waals surface area contributed by atoms with Crippen LogP contribution in [0.25, 0.3) is 0 Å². The number of aliphatic carboxylic acids is 2. The molecule has 5 nitrogen and oxygen atoms in total. The maximum absolute atomic E-state index is 10.6. The minimum Gasteiger partial charge on any atom is -0.478 e. The van der Waals surface area contributed by atoms with Gasteiger partial charge in [-0.1, -0.05) is 30.3 Å². The van der Waals surface area contributed by atoms with Crippen LogP contribution in [0.2, 0.25) is 0 Å². The number of ketones is 1. The first-order valence-electron chi connectivity index (χ1n) is 4.63. The summed E-state index contributed by atoms with van der Waals surface area (Å²) in [4.78, 5) is 29.8. The molecule has 0 heterocycles. The SMILES string of the molecule is CC(=O)c1ccccc1.O=C(O)/C=C\C(=O)O. The van der Waals surface area contributed by atoms with Gasteiger partial charge in [0.1, 0.15) is 0 Å². The van der Waals surface area contributed by atoms with Crippen LogP contribution in [-0.2, 0) is 9.59 Å². The highest BCUT2D eigenvalue weighted by atomic mass is 16.4. The van der Waals surface area contributed by atoms with Crippen LogP contribution in [0.1, 0.15) is 17.3 Å². The smallest absolute Gasteiger partial charge is 0.328 e. The van der Waals surface area contributed by atoms with Gasteiger partial charge in [0.2, 0.25) is 0 Å². The molecule has 0 aliphatic rings. The summed E-state index contributed by atoms with van der Waals surface area (Å²) in [7, 11) is 0. The van der Waals surface area contributed by atoms with E-state index < -0.39 is 11.9 Å². The summed E-state index contributed by atoms with van der Waals surface area (Å²) in [6.07, 6.45) is 1.12. The maximum Gasteiger partial charge on any atom is 0.328 e. The Labute approximate surface area is 98.0 Å². The molecule has 2 N–H and O–H groups in total. The van der Waals surface area contributed by atoms with Crippen LogP contribution in [-0.4, -0.2) is 27.9 Å². The third-order valence-corrected chi connectivity index (χ3v) is 1.55. The number of hydrogen-bond donors (Lipinski definition) is 2. The second kappa shape index (κ2) is 7.81. The molecule has 0 aromatic heterocycles. The van der Waals surface area contributed by atoms with Crippen LogP contribution in [0.15, 0.2) is 42.5 Å². The van der Waals surface area contributed by atoms with Gasteiger partial charge in [-0.3, -0.25) is 4.79 Å². The van der Waals surface area contributed by atoms with E-state index >= 15 is 0 Å². The van der Waals surface area contributed by atoms with Crippen LogP contribution in [0.5, 0.6) is 0 Å². The van der Waals surface area contributed by atoms with Crippen LogP contribution >= 0.6 is 0 Å². The lowest BCUT2D eigenvalue weighted by molar-refractivity contribution is -0.134. The number of carbonyl (C=O) groups is 3. The fourth-order valence-corrected chi connectivity index (χ4v) is 0.815. The van der Waals surface area contributed by atoms with E-state index in [0.717, 1.165) is 5.56 Å². The molecule has 1 aromatic carbocycles. The molecule has 0 amide bonds. The number of Topliss-reactive ketones (excluding diaryl/α,β-unsaturated/α-hetero) is 1. The molecule has 0 fully saturated rings. The van der Waals surface area contributed by atoms with E-state index in [2.05, 4.69) is 0 Å². The number of hydrogen-bond acceptors (Lipinski definition) is 3. The van der Waals surface area contributed by atoms with Crippen molar-refractivity contribution in [2.45, 2.75) is 6.92 Å². The fourth-order valence-electron chi connectivity index (χ4n) is 0.815. The Morgan fingerprint density at radius 3 is 1.59 bits per heavy atom. The molecule has 5 heteroatoms. The minimum absolute atomic E-state index is 0.121. The van der Waals surface area contributed by atoms with Crippen molar-refractivity contribution in [2.75, 3.05) is 0 Å². The Balaban J connectivity index is 0.000000304. The third-order valence-electron chi connectivity index (χ3n) is 1.55. The molecule has 0 aliphatic heterocycles. The number of benzene rings is 1. The van der Waals surface area contributed by atoms with Crippen molar-refractivity contribution in [1.82, 2.24) is 0 Å². The topological polar surface area (TPSA) is 91.7 Å². The standard InChI is InChI=1S/C8H8O.C4H4O4/c1-7(9)8-5-3-2-4-6-8;5-3(6)1-2-4(7)8/h2-6H,1H3;1-2H,(H,5,6)(H,7,8)/b;2-1-. The Kier molecular flexibility index (Phi) is 6.69. The average Bonchev–Trinajstić information content (AvgIpc) is 2.28. The minimum atomic E-state index is -1.26. The normalized spacial score (nSPS) is 9.24. The van der Waals surface area contributed by atoms with E-state index in [0.29, 0.717) is 12.2 Å². The van der Waals surface area contributed by atoms with E-state index in [-0.39, 0.29) is 5.78 Å². The Morgan fingerprint density at radius 2 is 1.35 bits per heavy atom. The zero-order valence-electron chi connectivity index (χ0n) is 9.16. The fraction of sp³-hybridized carbons (Fsp3) is 0.0833. The van der Waals surface area contributed by atoms with Gasteiger partial charge in [0.15, 0.2) is 5.78 Å². The molecule has 0 aliphatic carbocycles. The number of carboxylic acid groups (broad SMARTS) is 2. The quantitative estimate of drug-likeness (QED) is 0.614. The lowest BCUT2D eigenvalue weighted by atomic mass is 10.2. The van der Waals surface area contributed by atoms with Crippen LogP contribution in [0.3, 0.4) is 0 Å². The summed E-state index contributed by atoms with van der Waals surface area (Å²) in [5.41, 5.74) is 0.775. The molecule has 0 atom stereocenters. The van der Waals surface area contributed by atoms with Gasteiger partial charge in [0.25, 0.3) is 0 Å². The molecular weight excluding hydrogens is 224 g/mol. The van der Waals surface area contributed by atoms with Crippen LogP contribution in [0, 0.1) is 0 Å². The summed E-state index contributed by atoms with van der Waals surface area (Å²) in [6.45, 7) is 1.56.